The van der Waals surface area contributed by atoms with Crippen LogP contribution in [0.5, 0.6) is 0 Å². The summed E-state index contributed by atoms with van der Waals surface area (Å²) in [6.45, 7) is 8.60. The molecule has 2 fully saturated rings. The van der Waals surface area contributed by atoms with E-state index in [1.54, 1.807) is 6.92 Å². The Labute approximate surface area is 191 Å². The van der Waals surface area contributed by atoms with Crippen LogP contribution < -0.4 is 5.32 Å². The molecule has 7 heteroatoms. The van der Waals surface area contributed by atoms with E-state index in [-0.39, 0.29) is 17.9 Å². The van der Waals surface area contributed by atoms with Gasteiger partial charge in [-0.3, -0.25) is 9.59 Å². The fraction of sp³-hybridized carbons (Fsp3) is 0.640. The number of hydrogen-bond donors (Lipinski definition) is 1. The lowest BCUT2D eigenvalue weighted by Crippen LogP contribution is -2.55. The molecule has 3 heterocycles. The zero-order valence-electron chi connectivity index (χ0n) is 19.4. The maximum Gasteiger partial charge on any atom is 0.228 e. The minimum absolute atomic E-state index is 0.0304. The van der Waals surface area contributed by atoms with E-state index in [1.165, 1.54) is 18.4 Å². The van der Waals surface area contributed by atoms with Crippen LogP contribution in [0.15, 0.2) is 29.4 Å². The molecule has 0 aliphatic carbocycles. The van der Waals surface area contributed by atoms with Crippen LogP contribution in [-0.2, 0) is 14.4 Å². The summed E-state index contributed by atoms with van der Waals surface area (Å²) < 4.78 is 0. The van der Waals surface area contributed by atoms with E-state index >= 15 is 0 Å². The predicted molar refractivity (Wildman–Crippen MR) is 124 cm³/mol. The Morgan fingerprint density at radius 1 is 1.16 bits per heavy atom. The van der Waals surface area contributed by atoms with Gasteiger partial charge in [-0.25, -0.2) is 0 Å². The summed E-state index contributed by atoms with van der Waals surface area (Å²) in [6, 6.07) is 8.29. The molecule has 7 nitrogen and oxygen atoms in total. The van der Waals surface area contributed by atoms with Crippen molar-refractivity contribution >= 4 is 17.5 Å². The molecule has 0 radical (unpaired) electrons. The molecule has 0 unspecified atom stereocenters. The molecule has 2 atom stereocenters. The molecule has 0 saturated carbocycles. The number of likely N-dealkylation sites (tertiary alicyclic amines) is 2. The molecule has 32 heavy (non-hydrogen) atoms. The third-order valence-electron chi connectivity index (χ3n) is 7.15. The average molecular weight is 441 g/mol. The predicted octanol–water partition coefficient (Wildman–Crippen LogP) is 2.72. The van der Waals surface area contributed by atoms with Crippen LogP contribution in [0.2, 0.25) is 0 Å². The summed E-state index contributed by atoms with van der Waals surface area (Å²) in [6.07, 6.45) is 5.20. The van der Waals surface area contributed by atoms with Crippen LogP contribution in [0.4, 0.5) is 0 Å². The molecule has 1 aromatic carbocycles. The van der Waals surface area contributed by atoms with Gasteiger partial charge in [-0.05, 0) is 51.3 Å². The van der Waals surface area contributed by atoms with Crippen LogP contribution in [-0.4, -0.2) is 72.7 Å². The monoisotopic (exact) mass is 440 g/mol. The Morgan fingerprint density at radius 3 is 2.62 bits per heavy atom. The SMILES string of the molecule is CC(=O)N1CCC[C@](C[C@@H]2CC(c3ccc(C)cc3)=NO2)(C(=O)NCCN2CCCC2)C1. The van der Waals surface area contributed by atoms with Gasteiger partial charge in [-0.1, -0.05) is 35.0 Å². The quantitative estimate of drug-likeness (QED) is 0.708. The highest BCUT2D eigenvalue weighted by Crippen LogP contribution is 2.38. The highest BCUT2D eigenvalue weighted by Gasteiger charge is 2.46. The van der Waals surface area contributed by atoms with Gasteiger partial charge in [0.05, 0.1) is 11.1 Å². The first-order valence-corrected chi connectivity index (χ1v) is 12.0. The second-order valence-corrected chi connectivity index (χ2v) is 9.67. The van der Waals surface area contributed by atoms with Crippen molar-refractivity contribution in [2.24, 2.45) is 10.6 Å². The van der Waals surface area contributed by atoms with Crippen LogP contribution >= 0.6 is 0 Å². The van der Waals surface area contributed by atoms with E-state index in [4.69, 9.17) is 4.84 Å². The number of hydrogen-bond acceptors (Lipinski definition) is 5. The third-order valence-corrected chi connectivity index (χ3v) is 7.15. The number of carbonyl (C=O) groups excluding carboxylic acids is 2. The Bertz CT molecular complexity index is 847. The molecule has 0 aromatic heterocycles. The van der Waals surface area contributed by atoms with Gasteiger partial charge in [0, 0.05) is 45.9 Å². The van der Waals surface area contributed by atoms with Crippen molar-refractivity contribution in [3.05, 3.63) is 35.4 Å². The first-order chi connectivity index (χ1) is 15.4. The number of oxime groups is 1. The Kier molecular flexibility index (Phi) is 7.13. The smallest absolute Gasteiger partial charge is 0.228 e. The summed E-state index contributed by atoms with van der Waals surface area (Å²) >= 11 is 0. The van der Waals surface area contributed by atoms with Crippen molar-refractivity contribution in [3.8, 4) is 0 Å². The number of piperidine rings is 1. The first-order valence-electron chi connectivity index (χ1n) is 12.0. The molecule has 2 saturated heterocycles. The fourth-order valence-corrected chi connectivity index (χ4v) is 5.26. The Hall–Kier alpha value is -2.41. The van der Waals surface area contributed by atoms with Crippen molar-refractivity contribution in [1.29, 1.82) is 0 Å². The van der Waals surface area contributed by atoms with Gasteiger partial charge in [0.15, 0.2) is 0 Å². The minimum Gasteiger partial charge on any atom is -0.392 e. The second-order valence-electron chi connectivity index (χ2n) is 9.67. The molecule has 0 bridgehead atoms. The summed E-state index contributed by atoms with van der Waals surface area (Å²) in [4.78, 5) is 35.6. The van der Waals surface area contributed by atoms with E-state index in [2.05, 4.69) is 46.6 Å². The molecule has 4 rings (SSSR count). The highest BCUT2D eigenvalue weighted by atomic mass is 16.6. The first kappa shape index (κ1) is 22.8. The maximum absolute atomic E-state index is 13.5. The third kappa shape index (κ3) is 5.31. The van der Waals surface area contributed by atoms with E-state index in [0.29, 0.717) is 25.9 Å². The van der Waals surface area contributed by atoms with E-state index in [9.17, 15) is 9.59 Å². The van der Waals surface area contributed by atoms with Crippen LogP contribution in [0, 0.1) is 12.3 Å². The lowest BCUT2D eigenvalue weighted by molar-refractivity contribution is -0.143. The van der Waals surface area contributed by atoms with Gasteiger partial charge >= 0.3 is 0 Å². The van der Waals surface area contributed by atoms with Crippen molar-refractivity contribution in [2.75, 3.05) is 39.3 Å². The van der Waals surface area contributed by atoms with Gasteiger partial charge < -0.3 is 20.0 Å². The Morgan fingerprint density at radius 2 is 1.91 bits per heavy atom. The number of nitrogens with one attached hydrogen (secondary N) is 1. The van der Waals surface area contributed by atoms with Crippen molar-refractivity contribution < 1.29 is 14.4 Å². The van der Waals surface area contributed by atoms with E-state index in [1.807, 2.05) is 4.90 Å². The second kappa shape index (κ2) is 10.0. The van der Waals surface area contributed by atoms with Crippen molar-refractivity contribution in [1.82, 2.24) is 15.1 Å². The highest BCUT2D eigenvalue weighted by molar-refractivity contribution is 6.01. The molecular formula is C25H36N4O3. The molecule has 1 aromatic rings. The van der Waals surface area contributed by atoms with Gasteiger partial charge in [0.1, 0.15) is 6.10 Å². The maximum atomic E-state index is 13.5. The molecule has 174 valence electrons. The largest absolute Gasteiger partial charge is 0.392 e. The number of nitrogens with zero attached hydrogens (tertiary/aromatic N) is 3. The van der Waals surface area contributed by atoms with E-state index < -0.39 is 5.41 Å². The van der Waals surface area contributed by atoms with Crippen molar-refractivity contribution in [3.63, 3.8) is 0 Å². The molecule has 3 aliphatic heterocycles. The Balaban J connectivity index is 1.41. The summed E-state index contributed by atoms with van der Waals surface area (Å²) in [5.41, 5.74) is 2.58. The standard InChI is InChI=1S/C25H36N4O3/c1-19-6-8-21(9-7-19)23-16-22(32-27-23)17-25(10-5-14-29(18-25)20(2)30)24(31)26-11-15-28-12-3-4-13-28/h6-9,22H,3-5,10-18H2,1-2H3,(H,26,31)/t22-,25+/m0/s1. The van der Waals surface area contributed by atoms with Crippen molar-refractivity contribution in [2.45, 2.75) is 58.5 Å². The van der Waals surface area contributed by atoms with Gasteiger partial charge in [0.25, 0.3) is 0 Å². The summed E-state index contributed by atoms with van der Waals surface area (Å²) in [5, 5.41) is 7.53. The van der Waals surface area contributed by atoms with Gasteiger partial charge in [-0.15, -0.1) is 0 Å². The van der Waals surface area contributed by atoms with E-state index in [0.717, 1.165) is 50.3 Å². The normalized spacial score (nSPS) is 26.0. The van der Waals surface area contributed by atoms with Gasteiger partial charge in [-0.2, -0.15) is 0 Å². The fourth-order valence-electron chi connectivity index (χ4n) is 5.26. The lowest BCUT2D eigenvalue weighted by atomic mass is 9.74. The zero-order valence-corrected chi connectivity index (χ0v) is 19.4. The van der Waals surface area contributed by atoms with Crippen LogP contribution in [0.3, 0.4) is 0 Å². The number of carbonyl (C=O) groups is 2. The topological polar surface area (TPSA) is 74.2 Å². The molecule has 0 spiro atoms. The zero-order chi connectivity index (χ0) is 22.6. The molecule has 1 N–H and O–H groups in total. The minimum atomic E-state index is -0.627. The summed E-state index contributed by atoms with van der Waals surface area (Å²) in [5.74, 6) is 0.0814. The molecule has 3 aliphatic rings. The molecular weight excluding hydrogens is 404 g/mol. The van der Waals surface area contributed by atoms with Gasteiger partial charge in [0.2, 0.25) is 11.8 Å². The number of benzene rings is 1. The number of rotatable bonds is 7. The number of amides is 2. The number of aryl methyl sites for hydroxylation is 1. The lowest BCUT2D eigenvalue weighted by Gasteiger charge is -2.42. The van der Waals surface area contributed by atoms with Crippen LogP contribution in [0.1, 0.15) is 56.6 Å². The summed E-state index contributed by atoms with van der Waals surface area (Å²) in [7, 11) is 0. The molecule has 2 amide bonds. The van der Waals surface area contributed by atoms with Crippen LogP contribution in [0.25, 0.3) is 0 Å². The average Bonchev–Trinajstić information content (AvgIpc) is 3.47.